The predicted octanol–water partition coefficient (Wildman–Crippen LogP) is 7.02. The van der Waals surface area contributed by atoms with Crippen molar-refractivity contribution >= 4 is 38.6 Å². The molecule has 8 rings (SSSR count). The molecule has 14 nitrogen and oxygen atoms in total. The molecule has 8 aliphatic rings. The van der Waals surface area contributed by atoms with Crippen LogP contribution in [0.3, 0.4) is 0 Å². The molecule has 0 spiro atoms. The minimum absolute atomic E-state index is 0. The number of carboxylic acid groups (broad SMARTS) is 1. The number of unbranched alkanes of at least 4 members (excludes halogenated alkanes) is 1. The second-order valence-corrected chi connectivity index (χ2v) is 28.0. The van der Waals surface area contributed by atoms with Crippen molar-refractivity contribution in [2.24, 2.45) is 97.7 Å². The smallest absolute Gasteiger partial charge is 0.862 e. The van der Waals surface area contributed by atoms with Crippen molar-refractivity contribution in [1.82, 2.24) is 5.32 Å². The summed E-state index contributed by atoms with van der Waals surface area (Å²) in [7, 11) is -8.91. The van der Waals surface area contributed by atoms with E-state index in [2.05, 4.69) is 51.9 Å². The maximum Gasteiger partial charge on any atom is 1.00 e. The monoisotopic (exact) mass is 1040 g/mol. The van der Waals surface area contributed by atoms with Gasteiger partial charge in [-0.3, -0.25) is 13.9 Å². The summed E-state index contributed by atoms with van der Waals surface area (Å²) in [6.07, 6.45) is 21.3. The number of carbonyl (C=O) groups excluding carboxylic acids is 1. The summed E-state index contributed by atoms with van der Waals surface area (Å²) in [6, 6.07) is -0.971. The predicted molar refractivity (Wildman–Crippen MR) is 266 cm³/mol. The number of nitrogens with one attached hydrogen (secondary N) is 1. The number of fused-ring (bicyclic) bond motifs is 10. The topological polar surface area (TPSA) is 229 Å². The van der Waals surface area contributed by atoms with Crippen LogP contribution in [0.2, 0.25) is 0 Å². The van der Waals surface area contributed by atoms with Crippen LogP contribution < -0.4 is 40.0 Å². The second-order valence-electron chi connectivity index (χ2n) is 25.9. The Balaban J connectivity index is 0.00000741. The molecule has 0 aromatic rings. The van der Waals surface area contributed by atoms with E-state index in [4.69, 9.17) is 8.37 Å². The number of carboxylic acids is 1. The summed E-state index contributed by atoms with van der Waals surface area (Å²) in [6.45, 7) is 14.8. The summed E-state index contributed by atoms with van der Waals surface area (Å²) in [5.74, 6) is 5.12. The standard InChI is InChI=1S/C54H90N2O12S2.Na/c1-33(41-16-18-43-39-14-12-35-31-37(67-69(61,62)63)22-26-51(35,3)45(39)24-28-53(41,43)5)10-20-48(57)55-30-8-7-9-47(50(59)60)56-49(58)21-11-34(2)42-17-19-44-40-15-13-36-32-38(68-70(64,65)66)23-27-52(36,4)46(40)25-29-54(42,44)6;/h33-47H,7-32H2,1-6H3,(H,55,57)(H,56,58)(H,59,60)(H,61,62,63)(H,64,65,66);/q;+1/p-1. The number of aliphatic carboxylic acids is 1. The molecular weight excluding hydrogens is 956 g/mol. The largest absolute Gasteiger partial charge is 1.00 e. The first kappa shape index (κ1) is 57.8. The van der Waals surface area contributed by atoms with E-state index in [1.54, 1.807) is 0 Å². The number of aliphatic imine (C=N–C) groups is 1. The molecule has 0 aliphatic heterocycles. The van der Waals surface area contributed by atoms with Gasteiger partial charge in [0.2, 0.25) is 5.91 Å². The minimum Gasteiger partial charge on any atom is -0.862 e. The zero-order valence-corrected chi connectivity index (χ0v) is 48.0. The number of nitrogens with zero attached hydrogens (tertiary/aromatic N) is 1. The first-order valence-corrected chi connectivity index (χ1v) is 30.6. The number of hydrogen-bond donors (Lipinski definition) is 4. The van der Waals surface area contributed by atoms with Crippen LogP contribution in [0.15, 0.2) is 4.99 Å². The van der Waals surface area contributed by atoms with Crippen LogP contribution in [0.25, 0.3) is 0 Å². The molecule has 400 valence electrons. The van der Waals surface area contributed by atoms with Crippen molar-refractivity contribution in [2.45, 2.75) is 220 Å². The summed E-state index contributed by atoms with van der Waals surface area (Å²) in [4.78, 5) is 29.9. The average Bonchev–Trinajstić information content (AvgIpc) is 3.83. The van der Waals surface area contributed by atoms with E-state index in [1.165, 1.54) is 38.5 Å². The molecule has 19 atom stereocenters. The second kappa shape index (κ2) is 22.6. The van der Waals surface area contributed by atoms with E-state index in [-0.39, 0.29) is 63.0 Å². The molecule has 71 heavy (non-hydrogen) atoms. The first-order valence-electron chi connectivity index (χ1n) is 27.9. The Hall–Kier alpha value is -0.850. The molecule has 0 radical (unpaired) electrons. The first-order chi connectivity index (χ1) is 32.8. The Morgan fingerprint density at radius 3 is 1.51 bits per heavy atom. The van der Waals surface area contributed by atoms with Crippen molar-refractivity contribution in [2.75, 3.05) is 6.54 Å². The van der Waals surface area contributed by atoms with Crippen molar-refractivity contribution < 1.29 is 83.7 Å². The van der Waals surface area contributed by atoms with Gasteiger partial charge in [0.25, 0.3) is 0 Å². The molecule has 0 saturated heterocycles. The van der Waals surface area contributed by atoms with Crippen LogP contribution in [0.1, 0.15) is 202 Å². The molecule has 0 aromatic heterocycles. The number of hydrogen-bond acceptors (Lipinski definition) is 10. The third-order valence-electron chi connectivity index (χ3n) is 22.7. The van der Waals surface area contributed by atoms with Gasteiger partial charge in [-0.15, -0.1) is 0 Å². The van der Waals surface area contributed by atoms with Crippen molar-refractivity contribution in [3.8, 4) is 0 Å². The summed E-state index contributed by atoms with van der Waals surface area (Å²) >= 11 is 0. The van der Waals surface area contributed by atoms with Gasteiger partial charge >= 0.3 is 56.3 Å². The fourth-order valence-corrected chi connectivity index (χ4v) is 20.3. The normalized spacial score (nSPS) is 42.4. The molecule has 0 aromatic carbocycles. The Morgan fingerprint density at radius 2 is 1.06 bits per heavy atom. The number of rotatable bonds is 19. The molecular formula is C54H89N2NaO12S2. The fourth-order valence-electron chi connectivity index (χ4n) is 19.3. The molecule has 8 fully saturated rings. The van der Waals surface area contributed by atoms with Crippen LogP contribution in [0.5, 0.6) is 0 Å². The van der Waals surface area contributed by atoms with Gasteiger partial charge in [0.1, 0.15) is 6.04 Å². The molecule has 0 bridgehead atoms. The minimum atomic E-state index is -4.46. The molecule has 1 amide bonds. The third-order valence-corrected chi connectivity index (χ3v) is 23.8. The number of carbonyl (C=O) groups is 2. The molecule has 8 saturated carbocycles. The zero-order chi connectivity index (χ0) is 50.6. The van der Waals surface area contributed by atoms with E-state index < -0.39 is 45.0 Å². The molecule has 4 N–H and O–H groups in total. The Kier molecular flexibility index (Phi) is 18.4. The molecule has 17 heteroatoms. The van der Waals surface area contributed by atoms with Crippen LogP contribution in [-0.4, -0.2) is 73.6 Å². The van der Waals surface area contributed by atoms with E-state index in [0.29, 0.717) is 135 Å². The van der Waals surface area contributed by atoms with Crippen molar-refractivity contribution in [3.05, 3.63) is 0 Å². The molecule has 8 aliphatic carbocycles. The summed E-state index contributed by atoms with van der Waals surface area (Å²) in [5.41, 5.74) is 0.773. The average molecular weight is 1050 g/mol. The van der Waals surface area contributed by atoms with Crippen LogP contribution in [0, 0.1) is 92.7 Å². The molecule has 19 unspecified atom stereocenters. The van der Waals surface area contributed by atoms with E-state index in [9.17, 15) is 45.7 Å². The van der Waals surface area contributed by atoms with Crippen LogP contribution in [-0.2, 0) is 38.8 Å². The number of amides is 1. The van der Waals surface area contributed by atoms with Crippen molar-refractivity contribution in [1.29, 1.82) is 0 Å². The Labute approximate surface area is 449 Å². The van der Waals surface area contributed by atoms with Gasteiger partial charge in [-0.25, -0.2) is 13.2 Å². The van der Waals surface area contributed by atoms with E-state index in [0.717, 1.165) is 64.2 Å². The summed E-state index contributed by atoms with van der Waals surface area (Å²) < 4.78 is 74.5. The van der Waals surface area contributed by atoms with Crippen LogP contribution >= 0.6 is 0 Å². The van der Waals surface area contributed by atoms with Crippen LogP contribution in [0.4, 0.5) is 0 Å². The van der Waals surface area contributed by atoms with Crippen molar-refractivity contribution in [3.63, 3.8) is 0 Å². The van der Waals surface area contributed by atoms with E-state index >= 15 is 0 Å². The molecule has 0 heterocycles. The van der Waals surface area contributed by atoms with Gasteiger partial charge in [0.05, 0.1) is 12.2 Å². The Morgan fingerprint density at radius 1 is 0.620 bits per heavy atom. The van der Waals surface area contributed by atoms with Gasteiger partial charge in [-0.05, 0) is 253 Å². The third kappa shape index (κ3) is 12.3. The fraction of sp³-hybridized carbons (Fsp3) is 0.944. The van der Waals surface area contributed by atoms with E-state index in [1.807, 2.05) is 0 Å². The van der Waals surface area contributed by atoms with Gasteiger partial charge < -0.3 is 20.5 Å². The maximum atomic E-state index is 13.2. The van der Waals surface area contributed by atoms with Gasteiger partial charge in [0, 0.05) is 13.0 Å². The maximum absolute atomic E-state index is 13.2. The van der Waals surface area contributed by atoms with Gasteiger partial charge in [-0.2, -0.15) is 16.8 Å². The SMILES string of the molecule is CC(CCC(=O)NC(CCCCN=C([O-])CCC(C)C1CCC2C3CCC4CC(OS(=O)(=O)O)CCC4(C)C3CCC12C)C(=O)O)C1CCC2C3CCC4CC(OS(=O)(=O)O)CCC4(C)C3CCC12C.[Na+]. The van der Waals surface area contributed by atoms with Gasteiger partial charge in [-0.1, -0.05) is 41.5 Å². The quantitative estimate of drug-likeness (QED) is 0.0337. The zero-order valence-electron chi connectivity index (χ0n) is 44.3. The van der Waals surface area contributed by atoms with Gasteiger partial charge in [0.15, 0.2) is 0 Å². The Bertz CT molecular complexity index is 2150. The summed E-state index contributed by atoms with van der Waals surface area (Å²) in [5, 5.41) is 25.9.